The summed E-state index contributed by atoms with van der Waals surface area (Å²) in [5.41, 5.74) is 7.18. The number of benzene rings is 2. The van der Waals surface area contributed by atoms with E-state index >= 15 is 0 Å². The van der Waals surface area contributed by atoms with Crippen molar-refractivity contribution in [3.8, 4) is 5.75 Å². The molecule has 0 unspecified atom stereocenters. The minimum absolute atomic E-state index is 0.0994. The van der Waals surface area contributed by atoms with Crippen LogP contribution in [-0.4, -0.2) is 21.9 Å². The van der Waals surface area contributed by atoms with Crippen molar-refractivity contribution in [1.82, 2.24) is 14.8 Å². The van der Waals surface area contributed by atoms with E-state index in [0.717, 1.165) is 11.3 Å². The number of nitrogen functional groups attached to an aromatic ring is 1. The Hall–Kier alpha value is -2.80. The second-order valence-corrected chi connectivity index (χ2v) is 6.50. The fraction of sp³-hybridized carbons (Fsp3) is 0.222. The van der Waals surface area contributed by atoms with Crippen molar-refractivity contribution in [3.05, 3.63) is 64.4 Å². The SMILES string of the molecule is COc1ccc([C@H]2C[C@@H](c3c(F)cccc3Cl)n3nc(N)nc3N2)cc1. The van der Waals surface area contributed by atoms with Crippen LogP contribution in [0.2, 0.25) is 5.02 Å². The second kappa shape index (κ2) is 6.49. The lowest BCUT2D eigenvalue weighted by Crippen LogP contribution is -2.28. The Morgan fingerprint density at radius 1 is 1.27 bits per heavy atom. The first kappa shape index (κ1) is 16.7. The van der Waals surface area contributed by atoms with Gasteiger partial charge in [0.2, 0.25) is 11.9 Å². The Morgan fingerprint density at radius 3 is 2.73 bits per heavy atom. The summed E-state index contributed by atoms with van der Waals surface area (Å²) in [5.74, 6) is 1.00. The Kier molecular flexibility index (Phi) is 4.16. The van der Waals surface area contributed by atoms with Gasteiger partial charge < -0.3 is 15.8 Å². The molecule has 1 aliphatic heterocycles. The van der Waals surface area contributed by atoms with Gasteiger partial charge in [-0.2, -0.15) is 4.98 Å². The molecule has 3 N–H and O–H groups in total. The highest BCUT2D eigenvalue weighted by molar-refractivity contribution is 6.31. The summed E-state index contributed by atoms with van der Waals surface area (Å²) in [5, 5.41) is 7.89. The first-order valence-corrected chi connectivity index (χ1v) is 8.51. The standard InChI is InChI=1S/C18H17ClFN5O/c1-26-11-7-5-10(6-8-11)14-9-15(16-12(19)3-2-4-13(16)20)25-18(22-14)23-17(21)24-25/h2-8,14-15H,9H2,1H3,(H3,21,22,23,24)/t14-,15+/m1/s1. The Labute approximate surface area is 154 Å². The van der Waals surface area contributed by atoms with E-state index in [2.05, 4.69) is 15.4 Å². The third-order valence-electron chi connectivity index (χ3n) is 4.56. The number of hydrogen-bond donors (Lipinski definition) is 2. The van der Waals surface area contributed by atoms with Gasteiger partial charge in [-0.1, -0.05) is 29.8 Å². The molecule has 0 aliphatic carbocycles. The topological polar surface area (TPSA) is 78.0 Å². The lowest BCUT2D eigenvalue weighted by Gasteiger charge is -2.32. The quantitative estimate of drug-likeness (QED) is 0.730. The molecule has 2 aromatic carbocycles. The van der Waals surface area contributed by atoms with Crippen LogP contribution in [0.4, 0.5) is 16.3 Å². The van der Waals surface area contributed by atoms with Crippen molar-refractivity contribution in [2.75, 3.05) is 18.2 Å². The highest BCUT2D eigenvalue weighted by Crippen LogP contribution is 2.41. The molecule has 2 heterocycles. The van der Waals surface area contributed by atoms with Gasteiger partial charge in [-0.25, -0.2) is 9.07 Å². The molecule has 8 heteroatoms. The summed E-state index contributed by atoms with van der Waals surface area (Å²) >= 11 is 6.30. The van der Waals surface area contributed by atoms with Crippen molar-refractivity contribution in [3.63, 3.8) is 0 Å². The molecule has 0 spiro atoms. The lowest BCUT2D eigenvalue weighted by atomic mass is 9.93. The largest absolute Gasteiger partial charge is 0.497 e. The lowest BCUT2D eigenvalue weighted by molar-refractivity contribution is 0.410. The fourth-order valence-corrected chi connectivity index (χ4v) is 3.61. The molecule has 0 fully saturated rings. The van der Waals surface area contributed by atoms with E-state index in [0.29, 0.717) is 23.0 Å². The molecular weight excluding hydrogens is 357 g/mol. The molecule has 0 saturated heterocycles. The van der Waals surface area contributed by atoms with E-state index < -0.39 is 6.04 Å². The van der Waals surface area contributed by atoms with E-state index in [-0.39, 0.29) is 17.8 Å². The first-order chi connectivity index (χ1) is 12.6. The Bertz CT molecular complexity index is 923. The Morgan fingerprint density at radius 2 is 2.04 bits per heavy atom. The molecule has 6 nitrogen and oxygen atoms in total. The van der Waals surface area contributed by atoms with Gasteiger partial charge in [0.1, 0.15) is 11.6 Å². The first-order valence-electron chi connectivity index (χ1n) is 8.13. The number of nitrogens with two attached hydrogens (primary N) is 1. The van der Waals surface area contributed by atoms with Crippen LogP contribution in [0.25, 0.3) is 0 Å². The molecule has 0 saturated carbocycles. The summed E-state index contributed by atoms with van der Waals surface area (Å²) in [6.45, 7) is 0. The van der Waals surface area contributed by atoms with E-state index in [1.165, 1.54) is 6.07 Å². The van der Waals surface area contributed by atoms with Gasteiger partial charge in [0.15, 0.2) is 0 Å². The number of rotatable bonds is 3. The molecule has 1 aromatic heterocycles. The minimum atomic E-state index is -0.420. The summed E-state index contributed by atoms with van der Waals surface area (Å²) in [4.78, 5) is 4.22. The molecule has 1 aliphatic rings. The maximum absolute atomic E-state index is 14.5. The molecule has 3 aromatic rings. The van der Waals surface area contributed by atoms with E-state index in [1.807, 2.05) is 24.3 Å². The molecule has 134 valence electrons. The molecule has 0 bridgehead atoms. The highest BCUT2D eigenvalue weighted by atomic mass is 35.5. The summed E-state index contributed by atoms with van der Waals surface area (Å²) in [6, 6.07) is 11.8. The van der Waals surface area contributed by atoms with Crippen LogP contribution in [0.1, 0.15) is 29.6 Å². The van der Waals surface area contributed by atoms with Gasteiger partial charge in [0.05, 0.1) is 19.2 Å². The van der Waals surface area contributed by atoms with Crippen LogP contribution in [0.5, 0.6) is 5.75 Å². The Balaban J connectivity index is 1.78. The van der Waals surface area contributed by atoms with Crippen LogP contribution in [-0.2, 0) is 0 Å². The van der Waals surface area contributed by atoms with Crippen molar-refractivity contribution in [2.24, 2.45) is 0 Å². The smallest absolute Gasteiger partial charge is 0.241 e. The number of hydrogen-bond acceptors (Lipinski definition) is 5. The molecule has 0 amide bonds. The van der Waals surface area contributed by atoms with Crippen molar-refractivity contribution in [2.45, 2.75) is 18.5 Å². The van der Waals surface area contributed by atoms with Gasteiger partial charge in [-0.15, -0.1) is 5.10 Å². The van der Waals surface area contributed by atoms with E-state index in [4.69, 9.17) is 22.1 Å². The van der Waals surface area contributed by atoms with Gasteiger partial charge in [-0.3, -0.25) is 0 Å². The van der Waals surface area contributed by atoms with Crippen molar-refractivity contribution < 1.29 is 9.13 Å². The average Bonchev–Trinajstić information content (AvgIpc) is 3.02. The molecule has 2 atom stereocenters. The van der Waals surface area contributed by atoms with Crippen molar-refractivity contribution >= 4 is 23.5 Å². The number of nitrogens with one attached hydrogen (secondary N) is 1. The summed E-state index contributed by atoms with van der Waals surface area (Å²) in [7, 11) is 1.62. The van der Waals surface area contributed by atoms with Crippen LogP contribution >= 0.6 is 11.6 Å². The summed E-state index contributed by atoms with van der Waals surface area (Å²) < 4.78 is 21.4. The van der Waals surface area contributed by atoms with E-state index in [9.17, 15) is 4.39 Å². The predicted molar refractivity (Wildman–Crippen MR) is 98.0 cm³/mol. The maximum atomic E-state index is 14.5. The van der Waals surface area contributed by atoms with Gasteiger partial charge in [0.25, 0.3) is 0 Å². The normalized spacial score (nSPS) is 18.9. The number of ether oxygens (including phenoxy) is 1. The van der Waals surface area contributed by atoms with Gasteiger partial charge in [0, 0.05) is 10.6 Å². The zero-order valence-corrected chi connectivity index (χ0v) is 14.7. The van der Waals surface area contributed by atoms with Crippen LogP contribution < -0.4 is 15.8 Å². The molecule has 4 rings (SSSR count). The number of anilines is 2. The molecule has 26 heavy (non-hydrogen) atoms. The number of fused-ring (bicyclic) bond motifs is 1. The molecule has 0 radical (unpaired) electrons. The third kappa shape index (κ3) is 2.84. The van der Waals surface area contributed by atoms with E-state index in [1.54, 1.807) is 23.9 Å². The second-order valence-electron chi connectivity index (χ2n) is 6.10. The van der Waals surface area contributed by atoms with Crippen LogP contribution in [0.3, 0.4) is 0 Å². The van der Waals surface area contributed by atoms with Crippen molar-refractivity contribution in [1.29, 1.82) is 0 Å². The number of halogens is 2. The average molecular weight is 374 g/mol. The predicted octanol–water partition coefficient (Wildman–Crippen LogP) is 3.81. The zero-order valence-electron chi connectivity index (χ0n) is 14.0. The zero-order chi connectivity index (χ0) is 18.3. The summed E-state index contributed by atoms with van der Waals surface area (Å²) in [6.07, 6.45) is 0.544. The van der Waals surface area contributed by atoms with Gasteiger partial charge >= 0.3 is 0 Å². The number of methoxy groups -OCH3 is 1. The number of aromatic nitrogens is 3. The maximum Gasteiger partial charge on any atom is 0.241 e. The van der Waals surface area contributed by atoms with Gasteiger partial charge in [-0.05, 0) is 36.2 Å². The monoisotopic (exact) mass is 373 g/mol. The molecular formula is C18H17ClFN5O. The van der Waals surface area contributed by atoms with Crippen LogP contribution in [0, 0.1) is 5.82 Å². The fourth-order valence-electron chi connectivity index (χ4n) is 3.32. The minimum Gasteiger partial charge on any atom is -0.497 e. The highest BCUT2D eigenvalue weighted by Gasteiger charge is 2.33. The van der Waals surface area contributed by atoms with Crippen LogP contribution in [0.15, 0.2) is 42.5 Å². The third-order valence-corrected chi connectivity index (χ3v) is 4.89. The number of nitrogens with zero attached hydrogens (tertiary/aromatic N) is 3.